The zero-order valence-corrected chi connectivity index (χ0v) is 7.71. The fourth-order valence-electron chi connectivity index (χ4n) is 1.33. The fourth-order valence-corrected chi connectivity index (χ4v) is 1.70. The number of phenolic OH excluding ortho intramolecular Hbond substituents is 1. The average Bonchev–Trinajstić information content (AvgIpc) is 2.19. The molecule has 0 radical (unpaired) electrons. The van der Waals surface area contributed by atoms with Gasteiger partial charge in [-0.3, -0.25) is 5.14 Å². The summed E-state index contributed by atoms with van der Waals surface area (Å²) in [5.74, 6) is 0.269. The Hall–Kier alpha value is -1.19. The number of nitrogens with two attached hydrogens (primary N) is 1. The summed E-state index contributed by atoms with van der Waals surface area (Å²) < 4.78 is 0. The zero-order chi connectivity index (χ0) is 9.26. The number of hydrogen-bond donors (Lipinski definition) is 2. The van der Waals surface area contributed by atoms with E-state index < -0.39 is 0 Å². The topological polar surface area (TPSA) is 46.2 Å². The summed E-state index contributed by atoms with van der Waals surface area (Å²) in [6, 6.07) is 11.4. The minimum absolute atomic E-state index is 0.269. The van der Waals surface area contributed by atoms with E-state index in [2.05, 4.69) is 0 Å². The van der Waals surface area contributed by atoms with E-state index >= 15 is 0 Å². The first-order valence-electron chi connectivity index (χ1n) is 3.90. The van der Waals surface area contributed by atoms with E-state index in [1.54, 1.807) is 0 Å². The van der Waals surface area contributed by atoms with Crippen LogP contribution >= 0.6 is 11.9 Å². The first-order chi connectivity index (χ1) is 6.33. The lowest BCUT2D eigenvalue weighted by molar-refractivity contribution is 0.469. The molecule has 0 aromatic heterocycles. The number of hydrogen-bond acceptors (Lipinski definition) is 3. The van der Waals surface area contributed by atoms with Gasteiger partial charge < -0.3 is 5.11 Å². The van der Waals surface area contributed by atoms with Gasteiger partial charge in [0.2, 0.25) is 0 Å². The molecule has 13 heavy (non-hydrogen) atoms. The molecule has 0 heterocycles. The van der Waals surface area contributed by atoms with Crippen LogP contribution in [0.25, 0.3) is 10.8 Å². The van der Waals surface area contributed by atoms with Crippen LogP contribution in [0.2, 0.25) is 0 Å². The van der Waals surface area contributed by atoms with Crippen LogP contribution in [0.3, 0.4) is 0 Å². The highest BCUT2D eigenvalue weighted by Gasteiger charge is 2.03. The normalized spacial score (nSPS) is 10.5. The molecule has 0 unspecified atom stereocenters. The van der Waals surface area contributed by atoms with Gasteiger partial charge >= 0.3 is 0 Å². The Labute approximate surface area is 80.5 Å². The van der Waals surface area contributed by atoms with Crippen LogP contribution in [0.15, 0.2) is 41.3 Å². The van der Waals surface area contributed by atoms with Crippen molar-refractivity contribution in [3.8, 4) is 5.75 Å². The van der Waals surface area contributed by atoms with Gasteiger partial charge in [0.25, 0.3) is 0 Å². The highest BCUT2D eigenvalue weighted by Crippen LogP contribution is 2.32. The van der Waals surface area contributed by atoms with Crippen molar-refractivity contribution in [1.29, 1.82) is 0 Å². The molecule has 0 aliphatic heterocycles. The molecule has 0 atom stereocenters. The quantitative estimate of drug-likeness (QED) is 0.681. The fraction of sp³-hybridized carbons (Fsp3) is 0. The molecule has 2 nitrogen and oxygen atoms in total. The highest BCUT2D eigenvalue weighted by molar-refractivity contribution is 7.97. The third-order valence-electron chi connectivity index (χ3n) is 1.99. The third kappa shape index (κ3) is 1.36. The van der Waals surface area contributed by atoms with Crippen LogP contribution < -0.4 is 5.14 Å². The van der Waals surface area contributed by atoms with Crippen LogP contribution in [0, 0.1) is 0 Å². The van der Waals surface area contributed by atoms with Crippen molar-refractivity contribution in [2.24, 2.45) is 5.14 Å². The summed E-state index contributed by atoms with van der Waals surface area (Å²) in [6.07, 6.45) is 0. The van der Waals surface area contributed by atoms with Crippen LogP contribution in [0.4, 0.5) is 0 Å². The Morgan fingerprint density at radius 3 is 2.62 bits per heavy atom. The first kappa shape index (κ1) is 8.41. The molecule has 0 amide bonds. The van der Waals surface area contributed by atoms with Crippen molar-refractivity contribution in [2.45, 2.75) is 4.90 Å². The molecule has 0 saturated heterocycles. The van der Waals surface area contributed by atoms with Gasteiger partial charge in [-0.25, -0.2) is 0 Å². The van der Waals surface area contributed by atoms with Crippen LogP contribution in [0.1, 0.15) is 0 Å². The summed E-state index contributed by atoms with van der Waals surface area (Å²) in [5.41, 5.74) is 0. The molecular formula is C10H9NOS. The molecular weight excluding hydrogens is 182 g/mol. The second-order valence-electron chi connectivity index (χ2n) is 2.75. The van der Waals surface area contributed by atoms with Gasteiger partial charge in [-0.2, -0.15) is 0 Å². The third-order valence-corrected chi connectivity index (χ3v) is 2.57. The van der Waals surface area contributed by atoms with Gasteiger partial charge in [0, 0.05) is 5.39 Å². The number of aromatic hydroxyl groups is 1. The second kappa shape index (κ2) is 3.28. The molecule has 0 fully saturated rings. The Bertz CT molecular complexity index is 442. The zero-order valence-electron chi connectivity index (χ0n) is 6.90. The first-order valence-corrected chi connectivity index (χ1v) is 4.78. The predicted molar refractivity (Wildman–Crippen MR) is 55.7 cm³/mol. The maximum absolute atomic E-state index is 9.75. The van der Waals surface area contributed by atoms with Crippen molar-refractivity contribution in [3.63, 3.8) is 0 Å². The van der Waals surface area contributed by atoms with Crippen LogP contribution in [-0.4, -0.2) is 5.11 Å². The van der Waals surface area contributed by atoms with Gasteiger partial charge in [0.1, 0.15) is 5.75 Å². The Kier molecular flexibility index (Phi) is 2.12. The molecule has 2 aromatic carbocycles. The molecule has 0 spiro atoms. The molecule has 0 aliphatic rings. The van der Waals surface area contributed by atoms with E-state index in [4.69, 9.17) is 5.14 Å². The Morgan fingerprint density at radius 2 is 1.85 bits per heavy atom. The van der Waals surface area contributed by atoms with Crippen molar-refractivity contribution < 1.29 is 5.11 Å². The van der Waals surface area contributed by atoms with Gasteiger partial charge in [0.15, 0.2) is 0 Å². The van der Waals surface area contributed by atoms with Crippen LogP contribution in [0.5, 0.6) is 5.75 Å². The van der Waals surface area contributed by atoms with Gasteiger partial charge in [-0.05, 0) is 23.4 Å². The summed E-state index contributed by atoms with van der Waals surface area (Å²) in [7, 11) is 0. The minimum Gasteiger partial charge on any atom is -0.506 e. The molecule has 2 rings (SSSR count). The highest BCUT2D eigenvalue weighted by atomic mass is 32.2. The van der Waals surface area contributed by atoms with E-state index in [0.717, 1.165) is 22.7 Å². The molecule has 0 saturated carbocycles. The molecule has 0 bridgehead atoms. The van der Waals surface area contributed by atoms with E-state index in [0.29, 0.717) is 4.90 Å². The van der Waals surface area contributed by atoms with Gasteiger partial charge in [-0.1, -0.05) is 30.3 Å². The van der Waals surface area contributed by atoms with Crippen LogP contribution in [-0.2, 0) is 0 Å². The summed E-state index contributed by atoms with van der Waals surface area (Å²) in [6.45, 7) is 0. The minimum atomic E-state index is 0.269. The Balaban J connectivity index is 2.79. The molecule has 66 valence electrons. The van der Waals surface area contributed by atoms with Crippen molar-refractivity contribution in [3.05, 3.63) is 36.4 Å². The lowest BCUT2D eigenvalue weighted by atomic mass is 10.1. The van der Waals surface area contributed by atoms with Crippen molar-refractivity contribution >= 4 is 22.7 Å². The van der Waals surface area contributed by atoms with E-state index in [-0.39, 0.29) is 5.75 Å². The number of fused-ring (bicyclic) bond motifs is 1. The SMILES string of the molecule is NSc1ccc2ccccc2c1O. The second-order valence-corrected chi connectivity index (χ2v) is 3.43. The average molecular weight is 191 g/mol. The van der Waals surface area contributed by atoms with E-state index in [1.807, 2.05) is 36.4 Å². The predicted octanol–water partition coefficient (Wildman–Crippen LogP) is 2.51. The number of rotatable bonds is 1. The smallest absolute Gasteiger partial charge is 0.138 e. The van der Waals surface area contributed by atoms with Crippen molar-refractivity contribution in [1.82, 2.24) is 0 Å². The lowest BCUT2D eigenvalue weighted by Crippen LogP contribution is -1.82. The standard InChI is InChI=1S/C10H9NOS/c11-13-9-6-5-7-3-1-2-4-8(7)10(9)12/h1-6,12H,11H2. The summed E-state index contributed by atoms with van der Waals surface area (Å²) in [4.78, 5) is 0.707. The van der Waals surface area contributed by atoms with Gasteiger partial charge in [0.05, 0.1) is 4.90 Å². The van der Waals surface area contributed by atoms with E-state index in [1.165, 1.54) is 0 Å². The molecule has 0 aliphatic carbocycles. The Morgan fingerprint density at radius 1 is 1.08 bits per heavy atom. The number of phenols is 1. The maximum Gasteiger partial charge on any atom is 0.138 e. The largest absolute Gasteiger partial charge is 0.506 e. The monoisotopic (exact) mass is 191 g/mol. The molecule has 3 heteroatoms. The summed E-state index contributed by atoms with van der Waals surface area (Å²) >= 11 is 1.06. The maximum atomic E-state index is 9.75. The molecule has 2 aromatic rings. The molecule has 3 N–H and O–H groups in total. The van der Waals surface area contributed by atoms with Gasteiger partial charge in [-0.15, -0.1) is 0 Å². The van der Waals surface area contributed by atoms with E-state index in [9.17, 15) is 5.11 Å². The summed E-state index contributed by atoms with van der Waals surface area (Å²) in [5, 5.41) is 17.0. The van der Waals surface area contributed by atoms with Crippen molar-refractivity contribution in [2.75, 3.05) is 0 Å². The number of benzene rings is 2. The lowest BCUT2D eigenvalue weighted by Gasteiger charge is -2.04.